The predicted octanol–water partition coefficient (Wildman–Crippen LogP) is 3.65. The number of piperidine rings is 1. The molecule has 106 valence electrons. The molecular formula is C16H25ClN2. The molecule has 1 saturated heterocycles. The van der Waals surface area contributed by atoms with Crippen LogP contribution < -0.4 is 5.73 Å². The summed E-state index contributed by atoms with van der Waals surface area (Å²) in [4.78, 5) is 2.63. The van der Waals surface area contributed by atoms with Crippen LogP contribution in [0.25, 0.3) is 0 Å². The molecule has 0 saturated carbocycles. The fourth-order valence-corrected chi connectivity index (χ4v) is 3.39. The Balaban J connectivity index is 2.16. The van der Waals surface area contributed by atoms with Gasteiger partial charge in [0.15, 0.2) is 0 Å². The molecule has 1 aromatic carbocycles. The molecule has 0 aromatic heterocycles. The molecule has 1 aliphatic rings. The standard InChI is InChI=1S/C16H25ClN2/c1-2-10-19-11-4-3-5-16(19)15(12-18)13-6-8-14(17)9-7-13/h6-9,15-16H,2-5,10-12,18H2,1H3. The summed E-state index contributed by atoms with van der Waals surface area (Å²) in [7, 11) is 0. The molecule has 0 spiro atoms. The molecular weight excluding hydrogens is 256 g/mol. The summed E-state index contributed by atoms with van der Waals surface area (Å²) < 4.78 is 0. The van der Waals surface area contributed by atoms with Crippen LogP contribution in [0.4, 0.5) is 0 Å². The molecule has 1 aliphatic heterocycles. The van der Waals surface area contributed by atoms with Crippen LogP contribution in [-0.2, 0) is 0 Å². The zero-order valence-corrected chi connectivity index (χ0v) is 12.6. The highest BCUT2D eigenvalue weighted by Gasteiger charge is 2.29. The average Bonchev–Trinajstić information content (AvgIpc) is 2.44. The first-order valence-electron chi connectivity index (χ1n) is 7.45. The van der Waals surface area contributed by atoms with Gasteiger partial charge in [-0.3, -0.25) is 4.90 Å². The van der Waals surface area contributed by atoms with Gasteiger partial charge in [0, 0.05) is 23.5 Å². The summed E-state index contributed by atoms with van der Waals surface area (Å²) in [6.45, 7) is 5.38. The molecule has 2 unspecified atom stereocenters. The second kappa shape index (κ2) is 7.28. The largest absolute Gasteiger partial charge is 0.330 e. The highest BCUT2D eigenvalue weighted by atomic mass is 35.5. The first-order valence-corrected chi connectivity index (χ1v) is 7.83. The van der Waals surface area contributed by atoms with Crippen LogP contribution in [-0.4, -0.2) is 30.6 Å². The van der Waals surface area contributed by atoms with Crippen molar-refractivity contribution in [3.05, 3.63) is 34.9 Å². The molecule has 0 amide bonds. The number of halogens is 1. The van der Waals surface area contributed by atoms with Crippen LogP contribution >= 0.6 is 11.6 Å². The fraction of sp³-hybridized carbons (Fsp3) is 0.625. The third-order valence-electron chi connectivity index (χ3n) is 4.19. The van der Waals surface area contributed by atoms with Crippen LogP contribution in [0.15, 0.2) is 24.3 Å². The van der Waals surface area contributed by atoms with Crippen molar-refractivity contribution in [2.45, 2.75) is 44.6 Å². The number of nitrogens with two attached hydrogens (primary N) is 1. The summed E-state index contributed by atoms with van der Waals surface area (Å²) in [5, 5.41) is 0.800. The summed E-state index contributed by atoms with van der Waals surface area (Å²) >= 11 is 5.98. The maximum Gasteiger partial charge on any atom is 0.0406 e. The van der Waals surface area contributed by atoms with Gasteiger partial charge in [-0.2, -0.15) is 0 Å². The summed E-state index contributed by atoms with van der Waals surface area (Å²) in [5.74, 6) is 0.434. The zero-order chi connectivity index (χ0) is 13.7. The van der Waals surface area contributed by atoms with Crippen LogP contribution in [0.2, 0.25) is 5.02 Å². The van der Waals surface area contributed by atoms with E-state index < -0.39 is 0 Å². The normalized spacial score (nSPS) is 22.4. The van der Waals surface area contributed by atoms with E-state index in [-0.39, 0.29) is 0 Å². The van der Waals surface area contributed by atoms with Gasteiger partial charge in [-0.05, 0) is 50.0 Å². The van der Waals surface area contributed by atoms with Gasteiger partial charge in [-0.15, -0.1) is 0 Å². The number of nitrogens with zero attached hydrogens (tertiary/aromatic N) is 1. The van der Waals surface area contributed by atoms with Crippen LogP contribution in [0, 0.1) is 0 Å². The van der Waals surface area contributed by atoms with Crippen molar-refractivity contribution in [2.75, 3.05) is 19.6 Å². The predicted molar refractivity (Wildman–Crippen MR) is 82.8 cm³/mol. The second-order valence-electron chi connectivity index (χ2n) is 5.49. The monoisotopic (exact) mass is 280 g/mol. The summed E-state index contributed by atoms with van der Waals surface area (Å²) in [6.07, 6.45) is 5.14. The summed E-state index contributed by atoms with van der Waals surface area (Å²) in [5.41, 5.74) is 7.41. The first-order chi connectivity index (χ1) is 9.26. The van der Waals surface area contributed by atoms with Crippen molar-refractivity contribution in [3.63, 3.8) is 0 Å². The van der Waals surface area contributed by atoms with E-state index in [4.69, 9.17) is 17.3 Å². The minimum atomic E-state index is 0.434. The van der Waals surface area contributed by atoms with Crippen molar-refractivity contribution in [1.29, 1.82) is 0 Å². The third kappa shape index (κ3) is 3.71. The Kier molecular flexibility index (Phi) is 5.68. The molecule has 2 rings (SSSR count). The molecule has 2 atom stereocenters. The van der Waals surface area contributed by atoms with E-state index in [2.05, 4.69) is 24.0 Å². The molecule has 1 aromatic rings. The minimum absolute atomic E-state index is 0.434. The van der Waals surface area contributed by atoms with Gasteiger partial charge in [-0.1, -0.05) is 37.1 Å². The van der Waals surface area contributed by atoms with Crippen LogP contribution in [0.5, 0.6) is 0 Å². The number of rotatable bonds is 5. The van der Waals surface area contributed by atoms with E-state index in [9.17, 15) is 0 Å². The summed E-state index contributed by atoms with van der Waals surface area (Å²) in [6, 6.07) is 8.83. The molecule has 2 nitrogen and oxygen atoms in total. The van der Waals surface area contributed by atoms with Gasteiger partial charge >= 0.3 is 0 Å². The van der Waals surface area contributed by atoms with E-state index >= 15 is 0 Å². The van der Waals surface area contributed by atoms with E-state index in [1.807, 2.05) is 12.1 Å². The van der Waals surface area contributed by atoms with Crippen molar-refractivity contribution in [1.82, 2.24) is 4.90 Å². The van der Waals surface area contributed by atoms with E-state index in [1.165, 1.54) is 44.3 Å². The van der Waals surface area contributed by atoms with Gasteiger partial charge in [0.1, 0.15) is 0 Å². The van der Waals surface area contributed by atoms with Crippen molar-refractivity contribution in [2.24, 2.45) is 5.73 Å². The molecule has 0 bridgehead atoms. The molecule has 0 aliphatic carbocycles. The smallest absolute Gasteiger partial charge is 0.0406 e. The zero-order valence-electron chi connectivity index (χ0n) is 11.8. The lowest BCUT2D eigenvalue weighted by Gasteiger charge is -2.40. The quantitative estimate of drug-likeness (QED) is 0.892. The van der Waals surface area contributed by atoms with Gasteiger partial charge in [0.2, 0.25) is 0 Å². The third-order valence-corrected chi connectivity index (χ3v) is 4.44. The van der Waals surface area contributed by atoms with Crippen molar-refractivity contribution in [3.8, 4) is 0 Å². The molecule has 0 radical (unpaired) electrons. The molecule has 1 heterocycles. The molecule has 19 heavy (non-hydrogen) atoms. The van der Waals surface area contributed by atoms with Crippen molar-refractivity contribution < 1.29 is 0 Å². The molecule has 3 heteroatoms. The number of benzene rings is 1. The number of likely N-dealkylation sites (tertiary alicyclic amines) is 1. The Labute approximate surface area is 121 Å². The highest BCUT2D eigenvalue weighted by molar-refractivity contribution is 6.30. The van der Waals surface area contributed by atoms with Gasteiger partial charge < -0.3 is 5.73 Å². The van der Waals surface area contributed by atoms with Gasteiger partial charge in [-0.25, -0.2) is 0 Å². The SMILES string of the molecule is CCCN1CCCCC1C(CN)c1ccc(Cl)cc1. The van der Waals surface area contributed by atoms with E-state index in [1.54, 1.807) is 0 Å². The van der Waals surface area contributed by atoms with Gasteiger partial charge in [0.05, 0.1) is 0 Å². The van der Waals surface area contributed by atoms with Crippen molar-refractivity contribution >= 4 is 11.6 Å². The van der Waals surface area contributed by atoms with E-state index in [0.717, 1.165) is 5.02 Å². The lowest BCUT2D eigenvalue weighted by molar-refractivity contribution is 0.127. The average molecular weight is 281 g/mol. The van der Waals surface area contributed by atoms with E-state index in [0.29, 0.717) is 18.5 Å². The fourth-order valence-electron chi connectivity index (χ4n) is 3.26. The number of hydrogen-bond donors (Lipinski definition) is 1. The molecule has 2 N–H and O–H groups in total. The Morgan fingerprint density at radius 3 is 2.68 bits per heavy atom. The highest BCUT2D eigenvalue weighted by Crippen LogP contribution is 2.30. The maximum atomic E-state index is 6.07. The maximum absolute atomic E-state index is 6.07. The lowest BCUT2D eigenvalue weighted by atomic mass is 9.85. The Hall–Kier alpha value is -0.570. The topological polar surface area (TPSA) is 29.3 Å². The van der Waals surface area contributed by atoms with Gasteiger partial charge in [0.25, 0.3) is 0 Å². The Morgan fingerprint density at radius 1 is 1.32 bits per heavy atom. The van der Waals surface area contributed by atoms with Crippen LogP contribution in [0.3, 0.4) is 0 Å². The number of hydrogen-bond acceptors (Lipinski definition) is 2. The second-order valence-corrected chi connectivity index (χ2v) is 5.93. The lowest BCUT2D eigenvalue weighted by Crippen LogP contribution is -2.45. The Morgan fingerprint density at radius 2 is 2.05 bits per heavy atom. The van der Waals surface area contributed by atoms with Crippen LogP contribution in [0.1, 0.15) is 44.1 Å². The Bertz CT molecular complexity index is 375. The first kappa shape index (κ1) is 14.8. The molecule has 1 fully saturated rings. The minimum Gasteiger partial charge on any atom is -0.330 e.